The van der Waals surface area contributed by atoms with Crippen LogP contribution in [0.25, 0.3) is 10.7 Å². The predicted molar refractivity (Wildman–Crippen MR) is 135 cm³/mol. The molecule has 1 aliphatic rings. The molecule has 0 aliphatic carbocycles. The molecule has 0 saturated carbocycles. The van der Waals surface area contributed by atoms with Crippen LogP contribution < -0.4 is 20.3 Å². The number of carbonyl (C=O) groups excluding carboxylic acids is 1. The molecule has 1 atom stereocenters. The van der Waals surface area contributed by atoms with E-state index in [1.807, 2.05) is 6.92 Å². The summed E-state index contributed by atoms with van der Waals surface area (Å²) in [5.74, 6) is 1.46. The molecule has 13 heteroatoms. The number of amides is 2. The zero-order valence-electron chi connectivity index (χ0n) is 19.5. The van der Waals surface area contributed by atoms with E-state index >= 15 is 0 Å². The highest BCUT2D eigenvalue weighted by molar-refractivity contribution is 7.89. The molecule has 2 N–H and O–H groups in total. The molecular weight excluding hydrogens is 492 g/mol. The van der Waals surface area contributed by atoms with Crippen LogP contribution in [0.2, 0.25) is 0 Å². The number of benzene rings is 1. The first-order valence-corrected chi connectivity index (χ1v) is 13.7. The van der Waals surface area contributed by atoms with E-state index in [4.69, 9.17) is 9.47 Å². The topological polar surface area (TPSA) is 136 Å². The summed E-state index contributed by atoms with van der Waals surface area (Å²) in [6.07, 6.45) is 2.72. The Hall–Kier alpha value is -3.29. The summed E-state index contributed by atoms with van der Waals surface area (Å²) >= 11 is 1.19. The van der Waals surface area contributed by atoms with Gasteiger partial charge in [-0.05, 0) is 31.2 Å². The average molecular weight is 519 g/mol. The molecule has 1 fully saturated rings. The SMILES string of the molecule is COc1ccc(NC(=O)Nc2ncc(-c3nc(CS(C)(=O)=O)cc(N4CCOC[C@@H]4C)n3)s2)cc1. The summed E-state index contributed by atoms with van der Waals surface area (Å²) in [5, 5.41) is 5.77. The summed E-state index contributed by atoms with van der Waals surface area (Å²) in [6.45, 7) is 3.77. The molecule has 1 saturated heterocycles. The van der Waals surface area contributed by atoms with Crippen molar-refractivity contribution in [3.05, 3.63) is 42.2 Å². The summed E-state index contributed by atoms with van der Waals surface area (Å²) in [6, 6.07) is 8.26. The number of hydrogen-bond donors (Lipinski definition) is 2. The van der Waals surface area contributed by atoms with Gasteiger partial charge in [0.25, 0.3) is 0 Å². The van der Waals surface area contributed by atoms with Crippen molar-refractivity contribution in [3.8, 4) is 16.5 Å². The standard InChI is InChI=1S/C22H26N6O5S2/c1-14-12-33-9-8-28(14)19-10-16(13-35(3,30)31)24-20(26-19)18-11-23-22(34-18)27-21(29)25-15-4-6-17(32-2)7-5-15/h4-7,10-11,14H,8-9,12-13H2,1-3H3,(H2,23,25,27,29)/t14-/m0/s1. The zero-order chi connectivity index (χ0) is 25.0. The van der Waals surface area contributed by atoms with Gasteiger partial charge in [0.2, 0.25) is 0 Å². The maximum absolute atomic E-state index is 12.4. The fraction of sp³-hybridized carbons (Fsp3) is 0.364. The van der Waals surface area contributed by atoms with Gasteiger partial charge >= 0.3 is 6.03 Å². The van der Waals surface area contributed by atoms with E-state index in [-0.39, 0.29) is 11.8 Å². The highest BCUT2D eigenvalue weighted by atomic mass is 32.2. The molecule has 3 aromatic rings. The smallest absolute Gasteiger partial charge is 0.325 e. The van der Waals surface area contributed by atoms with Crippen molar-refractivity contribution >= 4 is 43.8 Å². The van der Waals surface area contributed by atoms with E-state index in [1.165, 1.54) is 17.6 Å². The Bertz CT molecular complexity index is 1300. The highest BCUT2D eigenvalue weighted by Crippen LogP contribution is 2.29. The van der Waals surface area contributed by atoms with Gasteiger partial charge in [-0.15, -0.1) is 0 Å². The van der Waals surface area contributed by atoms with E-state index in [9.17, 15) is 13.2 Å². The third-order valence-corrected chi connectivity index (χ3v) is 6.86. The van der Waals surface area contributed by atoms with Gasteiger partial charge in [0.1, 0.15) is 11.6 Å². The Kier molecular flexibility index (Phi) is 7.48. The van der Waals surface area contributed by atoms with Crippen LogP contribution in [0.15, 0.2) is 36.5 Å². The molecule has 1 aromatic carbocycles. The first-order chi connectivity index (χ1) is 16.7. The van der Waals surface area contributed by atoms with Gasteiger partial charge in [-0.3, -0.25) is 5.32 Å². The fourth-order valence-electron chi connectivity index (χ4n) is 3.52. The van der Waals surface area contributed by atoms with Crippen LogP contribution in [-0.2, 0) is 20.3 Å². The van der Waals surface area contributed by atoms with Crippen molar-refractivity contribution in [2.75, 3.05) is 48.7 Å². The normalized spacial score (nSPS) is 16.1. The van der Waals surface area contributed by atoms with Crippen LogP contribution in [0.5, 0.6) is 5.75 Å². The molecule has 2 aromatic heterocycles. The van der Waals surface area contributed by atoms with Crippen LogP contribution in [0.1, 0.15) is 12.6 Å². The molecule has 11 nitrogen and oxygen atoms in total. The Morgan fingerprint density at radius 2 is 2.03 bits per heavy atom. The van der Waals surface area contributed by atoms with Gasteiger partial charge in [-0.25, -0.2) is 28.2 Å². The first-order valence-electron chi connectivity index (χ1n) is 10.8. The van der Waals surface area contributed by atoms with E-state index in [2.05, 4.69) is 30.5 Å². The number of ether oxygens (including phenoxy) is 2. The van der Waals surface area contributed by atoms with Crippen molar-refractivity contribution in [1.82, 2.24) is 15.0 Å². The zero-order valence-corrected chi connectivity index (χ0v) is 21.1. The highest BCUT2D eigenvalue weighted by Gasteiger charge is 2.23. The van der Waals surface area contributed by atoms with Crippen LogP contribution in [-0.4, -0.2) is 68.6 Å². The number of thiazole rings is 1. The third-order valence-electron chi connectivity index (χ3n) is 5.13. The minimum atomic E-state index is -3.30. The number of rotatable bonds is 7. The Labute approximate surface area is 207 Å². The van der Waals surface area contributed by atoms with Crippen molar-refractivity contribution in [1.29, 1.82) is 0 Å². The Morgan fingerprint density at radius 3 is 2.71 bits per heavy atom. The van der Waals surface area contributed by atoms with Crippen LogP contribution in [0.4, 0.5) is 21.4 Å². The predicted octanol–water partition coefficient (Wildman–Crippen LogP) is 3.02. The van der Waals surface area contributed by atoms with Crippen molar-refractivity contribution in [2.45, 2.75) is 18.7 Å². The minimum Gasteiger partial charge on any atom is -0.497 e. The lowest BCUT2D eigenvalue weighted by Crippen LogP contribution is -2.44. The lowest BCUT2D eigenvalue weighted by atomic mass is 10.2. The summed E-state index contributed by atoms with van der Waals surface area (Å²) in [7, 11) is -1.73. The lowest BCUT2D eigenvalue weighted by molar-refractivity contribution is 0.0985. The number of nitrogens with zero attached hydrogens (tertiary/aromatic N) is 4. The number of aromatic nitrogens is 3. The molecule has 186 valence electrons. The van der Waals surface area contributed by atoms with Gasteiger partial charge in [0.15, 0.2) is 20.8 Å². The molecule has 0 bridgehead atoms. The van der Waals surface area contributed by atoms with Crippen LogP contribution >= 0.6 is 11.3 Å². The van der Waals surface area contributed by atoms with Gasteiger partial charge in [0, 0.05) is 24.6 Å². The quantitative estimate of drug-likeness (QED) is 0.484. The molecule has 2 amide bonds. The van der Waals surface area contributed by atoms with Crippen molar-refractivity contribution in [3.63, 3.8) is 0 Å². The number of carbonyl (C=O) groups is 1. The third kappa shape index (κ3) is 6.65. The minimum absolute atomic E-state index is 0.0814. The summed E-state index contributed by atoms with van der Waals surface area (Å²) < 4.78 is 34.5. The molecule has 0 radical (unpaired) electrons. The monoisotopic (exact) mass is 518 g/mol. The second-order valence-corrected chi connectivity index (χ2v) is 11.2. The summed E-state index contributed by atoms with van der Waals surface area (Å²) in [4.78, 5) is 28.5. The number of urea groups is 1. The molecular formula is C22H26N6O5S2. The molecule has 0 spiro atoms. The average Bonchev–Trinajstić information content (AvgIpc) is 3.27. The van der Waals surface area contributed by atoms with Gasteiger partial charge in [-0.1, -0.05) is 11.3 Å². The van der Waals surface area contributed by atoms with Gasteiger partial charge in [-0.2, -0.15) is 0 Å². The molecule has 3 heterocycles. The van der Waals surface area contributed by atoms with E-state index in [0.717, 1.165) is 0 Å². The number of anilines is 3. The maximum Gasteiger partial charge on any atom is 0.325 e. The summed E-state index contributed by atoms with van der Waals surface area (Å²) in [5.41, 5.74) is 0.993. The Balaban J connectivity index is 1.54. The van der Waals surface area contributed by atoms with Crippen molar-refractivity contribution < 1.29 is 22.7 Å². The largest absolute Gasteiger partial charge is 0.497 e. The number of methoxy groups -OCH3 is 1. The van der Waals surface area contributed by atoms with Crippen LogP contribution in [0.3, 0.4) is 0 Å². The van der Waals surface area contributed by atoms with Crippen LogP contribution in [0, 0.1) is 0 Å². The molecule has 35 heavy (non-hydrogen) atoms. The number of hydrogen-bond acceptors (Lipinski definition) is 10. The van der Waals surface area contributed by atoms with E-state index in [0.29, 0.717) is 58.5 Å². The van der Waals surface area contributed by atoms with Crippen molar-refractivity contribution in [2.24, 2.45) is 0 Å². The second kappa shape index (κ2) is 10.5. The molecule has 1 aliphatic heterocycles. The molecule has 0 unspecified atom stereocenters. The number of nitrogens with one attached hydrogen (secondary N) is 2. The van der Waals surface area contributed by atoms with E-state index in [1.54, 1.807) is 43.6 Å². The number of morpholine rings is 1. The van der Waals surface area contributed by atoms with E-state index < -0.39 is 15.9 Å². The second-order valence-electron chi connectivity index (χ2n) is 8.07. The maximum atomic E-state index is 12.4. The first kappa shape index (κ1) is 24.8. The fourth-order valence-corrected chi connectivity index (χ4v) is 4.95. The Morgan fingerprint density at radius 1 is 1.26 bits per heavy atom. The van der Waals surface area contributed by atoms with Gasteiger partial charge in [0.05, 0.1) is 48.9 Å². The van der Waals surface area contributed by atoms with Gasteiger partial charge < -0.3 is 19.7 Å². The molecule has 4 rings (SSSR count). The lowest BCUT2D eigenvalue weighted by Gasteiger charge is -2.34. The number of sulfone groups is 1.